The Bertz CT molecular complexity index is 664. The van der Waals surface area contributed by atoms with Crippen molar-refractivity contribution in [2.24, 2.45) is 4.99 Å². The van der Waals surface area contributed by atoms with E-state index >= 15 is 0 Å². The van der Waals surface area contributed by atoms with Crippen LogP contribution >= 0.6 is 0 Å². The molecule has 0 atom stereocenters. The van der Waals surface area contributed by atoms with Gasteiger partial charge in [-0.3, -0.25) is 9.79 Å². The van der Waals surface area contributed by atoms with Gasteiger partial charge in [0.1, 0.15) is 0 Å². The van der Waals surface area contributed by atoms with E-state index in [0.29, 0.717) is 13.0 Å². The summed E-state index contributed by atoms with van der Waals surface area (Å²) in [7, 11) is 1.79. The molecule has 0 aromatic heterocycles. The molecular weight excluding hydrogens is 388 g/mol. The van der Waals surface area contributed by atoms with Gasteiger partial charge in [-0.1, -0.05) is 31.0 Å². The van der Waals surface area contributed by atoms with Gasteiger partial charge < -0.3 is 25.3 Å². The quantitative estimate of drug-likeness (QED) is 0.377. The zero-order valence-electron chi connectivity index (χ0n) is 19.2. The maximum atomic E-state index is 12.6. The minimum absolute atomic E-state index is 0.219. The largest absolute Gasteiger partial charge is 0.368 e. The second-order valence-electron chi connectivity index (χ2n) is 8.49. The normalized spacial score (nSPS) is 18.5. The van der Waals surface area contributed by atoms with Crippen LogP contribution in [-0.2, 0) is 4.79 Å². The van der Waals surface area contributed by atoms with Crippen molar-refractivity contribution in [3.05, 3.63) is 30.3 Å². The molecule has 2 aliphatic heterocycles. The number of hydrogen-bond acceptors (Lipinski definition) is 4. The zero-order valence-corrected chi connectivity index (χ0v) is 19.2. The Morgan fingerprint density at radius 2 is 1.58 bits per heavy atom. The first kappa shape index (κ1) is 23.4. The minimum Gasteiger partial charge on any atom is -0.368 e. The first-order valence-corrected chi connectivity index (χ1v) is 12.0. The molecule has 0 saturated carbocycles. The number of nitrogens with zero attached hydrogens (tertiary/aromatic N) is 4. The van der Waals surface area contributed by atoms with Crippen LogP contribution in [0.3, 0.4) is 0 Å². The van der Waals surface area contributed by atoms with Crippen LogP contribution in [0.5, 0.6) is 0 Å². The van der Waals surface area contributed by atoms with E-state index in [2.05, 4.69) is 49.7 Å². The summed E-state index contributed by atoms with van der Waals surface area (Å²) in [5, 5.41) is 6.67. The minimum atomic E-state index is 0.219. The number of piperazine rings is 1. The molecule has 1 aromatic rings. The average Bonchev–Trinajstić information content (AvgIpc) is 3.10. The highest BCUT2D eigenvalue weighted by molar-refractivity contribution is 5.81. The topological polar surface area (TPSA) is 63.2 Å². The monoisotopic (exact) mass is 428 g/mol. The second kappa shape index (κ2) is 13.2. The maximum absolute atomic E-state index is 12.6. The van der Waals surface area contributed by atoms with Crippen LogP contribution < -0.4 is 15.5 Å². The van der Waals surface area contributed by atoms with Gasteiger partial charge in [0, 0.05) is 58.4 Å². The van der Waals surface area contributed by atoms with Crippen LogP contribution in [0.2, 0.25) is 0 Å². The Labute approximate surface area is 187 Å². The van der Waals surface area contributed by atoms with Gasteiger partial charge in [-0.15, -0.1) is 0 Å². The number of benzene rings is 1. The van der Waals surface area contributed by atoms with E-state index in [0.717, 1.165) is 51.6 Å². The van der Waals surface area contributed by atoms with Crippen LogP contribution in [0, 0.1) is 0 Å². The Kier molecular flexibility index (Phi) is 9.96. The van der Waals surface area contributed by atoms with Crippen molar-refractivity contribution >= 4 is 17.6 Å². The lowest BCUT2D eigenvalue weighted by Crippen LogP contribution is -2.49. The standard InChI is InChI=1S/C24H40N6O/c1-25-24(26-13-9-17-28-15-7-2-3-8-16-28)27-14-12-23(31)30-20-18-29(19-21-30)22-10-5-4-6-11-22/h4-6,10-11H,2-3,7-9,12-21H2,1H3,(H2,25,26,27). The highest BCUT2D eigenvalue weighted by atomic mass is 16.2. The molecule has 172 valence electrons. The van der Waals surface area contributed by atoms with Crippen molar-refractivity contribution in [3.8, 4) is 0 Å². The summed E-state index contributed by atoms with van der Waals surface area (Å²) in [6.07, 6.45) is 7.06. The van der Waals surface area contributed by atoms with E-state index in [1.165, 1.54) is 44.5 Å². The van der Waals surface area contributed by atoms with Crippen LogP contribution in [0.15, 0.2) is 35.3 Å². The molecule has 2 N–H and O–H groups in total. The van der Waals surface area contributed by atoms with Crippen LogP contribution in [0.25, 0.3) is 0 Å². The van der Waals surface area contributed by atoms with Gasteiger partial charge in [-0.05, 0) is 51.0 Å². The third-order valence-corrected chi connectivity index (χ3v) is 6.25. The number of para-hydroxylation sites is 1. The Balaban J connectivity index is 1.27. The molecule has 3 rings (SSSR count). The van der Waals surface area contributed by atoms with E-state index < -0.39 is 0 Å². The molecule has 1 aromatic carbocycles. The van der Waals surface area contributed by atoms with Crippen molar-refractivity contribution in [3.63, 3.8) is 0 Å². The van der Waals surface area contributed by atoms with E-state index in [-0.39, 0.29) is 5.91 Å². The molecule has 0 radical (unpaired) electrons. The third-order valence-electron chi connectivity index (χ3n) is 6.25. The first-order chi connectivity index (χ1) is 15.3. The first-order valence-electron chi connectivity index (χ1n) is 12.0. The van der Waals surface area contributed by atoms with Gasteiger partial charge in [0.15, 0.2) is 5.96 Å². The molecule has 2 heterocycles. The molecule has 0 unspecified atom stereocenters. The summed E-state index contributed by atoms with van der Waals surface area (Å²) in [5.41, 5.74) is 1.24. The molecule has 0 aliphatic carbocycles. The molecule has 2 fully saturated rings. The molecule has 2 saturated heterocycles. The van der Waals surface area contributed by atoms with Gasteiger partial charge in [-0.2, -0.15) is 0 Å². The summed E-state index contributed by atoms with van der Waals surface area (Å²) in [4.78, 5) is 23.8. The summed E-state index contributed by atoms with van der Waals surface area (Å²) in [6.45, 7) is 8.52. The smallest absolute Gasteiger partial charge is 0.224 e. The summed E-state index contributed by atoms with van der Waals surface area (Å²) in [6, 6.07) is 10.4. The van der Waals surface area contributed by atoms with Crippen molar-refractivity contribution in [1.82, 2.24) is 20.4 Å². The van der Waals surface area contributed by atoms with E-state index in [1.54, 1.807) is 7.05 Å². The fraction of sp³-hybridized carbons (Fsp3) is 0.667. The highest BCUT2D eigenvalue weighted by Gasteiger charge is 2.20. The molecule has 31 heavy (non-hydrogen) atoms. The van der Waals surface area contributed by atoms with Crippen molar-refractivity contribution in [2.75, 3.05) is 70.9 Å². The molecule has 7 heteroatoms. The van der Waals surface area contributed by atoms with Gasteiger partial charge in [0.25, 0.3) is 0 Å². The number of guanidine groups is 1. The number of carbonyl (C=O) groups excluding carboxylic acids is 1. The fourth-order valence-corrected chi connectivity index (χ4v) is 4.39. The molecule has 1 amide bonds. The molecule has 2 aliphatic rings. The van der Waals surface area contributed by atoms with Gasteiger partial charge in [-0.25, -0.2) is 0 Å². The van der Waals surface area contributed by atoms with E-state index in [1.807, 2.05) is 11.0 Å². The molecule has 0 bridgehead atoms. The van der Waals surface area contributed by atoms with Crippen LogP contribution in [0.4, 0.5) is 5.69 Å². The van der Waals surface area contributed by atoms with Gasteiger partial charge in [0.05, 0.1) is 0 Å². The Morgan fingerprint density at radius 3 is 2.26 bits per heavy atom. The Morgan fingerprint density at radius 1 is 0.903 bits per heavy atom. The average molecular weight is 429 g/mol. The number of aliphatic imine (C=N–C) groups is 1. The number of nitrogens with one attached hydrogen (secondary N) is 2. The number of rotatable bonds is 8. The van der Waals surface area contributed by atoms with E-state index in [4.69, 9.17) is 0 Å². The number of anilines is 1. The Hall–Kier alpha value is -2.28. The summed E-state index contributed by atoms with van der Waals surface area (Å²) >= 11 is 0. The van der Waals surface area contributed by atoms with E-state index in [9.17, 15) is 4.79 Å². The molecule has 7 nitrogen and oxygen atoms in total. The lowest BCUT2D eigenvalue weighted by molar-refractivity contribution is -0.131. The predicted molar refractivity (Wildman–Crippen MR) is 129 cm³/mol. The van der Waals surface area contributed by atoms with Crippen molar-refractivity contribution in [2.45, 2.75) is 38.5 Å². The fourth-order valence-electron chi connectivity index (χ4n) is 4.39. The second-order valence-corrected chi connectivity index (χ2v) is 8.49. The lowest BCUT2D eigenvalue weighted by atomic mass is 10.2. The predicted octanol–water partition coefficient (Wildman–Crippen LogP) is 2.16. The van der Waals surface area contributed by atoms with Gasteiger partial charge in [0.2, 0.25) is 5.91 Å². The number of likely N-dealkylation sites (tertiary alicyclic amines) is 1. The number of carbonyl (C=O) groups is 1. The summed E-state index contributed by atoms with van der Waals surface area (Å²) in [5.74, 6) is 1.01. The molecular formula is C24H40N6O. The third kappa shape index (κ3) is 8.05. The van der Waals surface area contributed by atoms with Gasteiger partial charge >= 0.3 is 0 Å². The van der Waals surface area contributed by atoms with Crippen LogP contribution in [0.1, 0.15) is 38.5 Å². The summed E-state index contributed by atoms with van der Waals surface area (Å²) < 4.78 is 0. The SMILES string of the molecule is CN=C(NCCCN1CCCCCC1)NCCC(=O)N1CCN(c2ccccc2)CC1. The zero-order chi connectivity index (χ0) is 21.7. The van der Waals surface area contributed by atoms with Crippen molar-refractivity contribution in [1.29, 1.82) is 0 Å². The highest BCUT2D eigenvalue weighted by Crippen LogP contribution is 2.15. The number of hydrogen-bond donors (Lipinski definition) is 2. The van der Waals surface area contributed by atoms with Crippen LogP contribution in [-0.4, -0.2) is 87.6 Å². The maximum Gasteiger partial charge on any atom is 0.224 e. The number of amides is 1. The molecule has 0 spiro atoms. The lowest BCUT2D eigenvalue weighted by Gasteiger charge is -2.36. The van der Waals surface area contributed by atoms with Crippen molar-refractivity contribution < 1.29 is 4.79 Å².